The molecular weight excluding hydrogens is 326 g/mol. The average Bonchev–Trinajstić information content (AvgIpc) is 3.01. The van der Waals surface area contributed by atoms with Crippen molar-refractivity contribution in [3.63, 3.8) is 0 Å². The third kappa shape index (κ3) is 3.20. The van der Waals surface area contributed by atoms with Gasteiger partial charge in [0.2, 0.25) is 0 Å². The van der Waals surface area contributed by atoms with Gasteiger partial charge in [-0.1, -0.05) is 6.92 Å². The van der Waals surface area contributed by atoms with Crippen molar-refractivity contribution in [1.82, 2.24) is 20.3 Å². The number of carbonyl (C=O) groups is 1. The van der Waals surface area contributed by atoms with Gasteiger partial charge < -0.3 is 15.6 Å². The van der Waals surface area contributed by atoms with Crippen LogP contribution in [-0.4, -0.2) is 33.4 Å². The molecule has 26 heavy (non-hydrogen) atoms. The summed E-state index contributed by atoms with van der Waals surface area (Å²) in [6, 6.07) is 6.35. The molecule has 0 bridgehead atoms. The van der Waals surface area contributed by atoms with Crippen LogP contribution in [-0.2, 0) is 12.8 Å². The van der Waals surface area contributed by atoms with Gasteiger partial charge in [0.1, 0.15) is 5.82 Å². The second-order valence-corrected chi connectivity index (χ2v) is 6.81. The van der Waals surface area contributed by atoms with Crippen molar-refractivity contribution in [2.45, 2.75) is 39.2 Å². The summed E-state index contributed by atoms with van der Waals surface area (Å²) >= 11 is 0. The number of hydrogen-bond donors (Lipinski definition) is 3. The highest BCUT2D eigenvalue weighted by Crippen LogP contribution is 2.30. The fourth-order valence-corrected chi connectivity index (χ4v) is 3.68. The van der Waals surface area contributed by atoms with E-state index in [1.54, 1.807) is 12.4 Å². The second-order valence-electron chi connectivity index (χ2n) is 6.81. The van der Waals surface area contributed by atoms with Crippen LogP contribution in [0.25, 0.3) is 10.9 Å². The zero-order valence-corrected chi connectivity index (χ0v) is 15.1. The van der Waals surface area contributed by atoms with Crippen LogP contribution in [0.5, 0.6) is 0 Å². The lowest BCUT2D eigenvalue weighted by Crippen LogP contribution is -2.34. The van der Waals surface area contributed by atoms with Gasteiger partial charge in [-0.25, -0.2) is 9.97 Å². The average molecular weight is 349 g/mol. The third-order valence-electron chi connectivity index (χ3n) is 4.98. The number of carbonyl (C=O) groups excluding carboxylic acids is 1. The smallest absolute Gasteiger partial charge is 0.255 e. The van der Waals surface area contributed by atoms with Crippen LogP contribution in [0.15, 0.2) is 30.6 Å². The lowest BCUT2D eigenvalue weighted by Gasteiger charge is -2.23. The van der Waals surface area contributed by atoms with Crippen LogP contribution in [0.1, 0.15) is 40.8 Å². The molecule has 0 aliphatic heterocycles. The molecule has 1 unspecified atom stereocenters. The van der Waals surface area contributed by atoms with Gasteiger partial charge in [0.15, 0.2) is 0 Å². The van der Waals surface area contributed by atoms with Crippen molar-refractivity contribution in [2.75, 3.05) is 11.9 Å². The topological polar surface area (TPSA) is 82.7 Å². The quantitative estimate of drug-likeness (QED) is 0.676. The summed E-state index contributed by atoms with van der Waals surface area (Å²) in [6.45, 7) is 4.94. The van der Waals surface area contributed by atoms with Gasteiger partial charge in [0.25, 0.3) is 5.91 Å². The number of rotatable bonds is 4. The molecule has 3 aromatic rings. The van der Waals surface area contributed by atoms with Gasteiger partial charge in [-0.3, -0.25) is 4.79 Å². The minimum Gasteiger partial charge on any atom is -0.358 e. The molecule has 1 atom stereocenters. The molecular formula is C20H23N5O. The molecule has 0 spiro atoms. The summed E-state index contributed by atoms with van der Waals surface area (Å²) in [4.78, 5) is 24.4. The Kier molecular flexibility index (Phi) is 4.42. The zero-order chi connectivity index (χ0) is 18.1. The van der Waals surface area contributed by atoms with Crippen LogP contribution in [0.2, 0.25) is 0 Å². The molecule has 6 nitrogen and oxygen atoms in total. The van der Waals surface area contributed by atoms with Crippen LogP contribution >= 0.6 is 0 Å². The first-order valence-electron chi connectivity index (χ1n) is 9.11. The number of likely N-dealkylation sites (N-methyl/N-ethyl adjacent to an activating group) is 1. The monoisotopic (exact) mass is 349 g/mol. The predicted molar refractivity (Wildman–Crippen MR) is 103 cm³/mol. The standard InChI is InChI=1S/C20H23N5O/c1-3-21-14-5-7-19-17(9-14)16-8-13(4-6-18(16)25-19)20(26)24-15-10-22-12(2)23-11-15/h4,6,8,10-11,14,21,25H,3,5,7,9H2,1-2H3,(H,24,26). The Morgan fingerprint density at radius 3 is 2.88 bits per heavy atom. The Balaban J connectivity index is 1.61. The molecule has 1 aromatic carbocycles. The number of amides is 1. The number of aromatic nitrogens is 3. The lowest BCUT2D eigenvalue weighted by atomic mass is 9.91. The Morgan fingerprint density at radius 2 is 2.12 bits per heavy atom. The fraction of sp³-hybridized carbons (Fsp3) is 0.350. The van der Waals surface area contributed by atoms with Crippen molar-refractivity contribution < 1.29 is 4.79 Å². The maximum absolute atomic E-state index is 12.6. The zero-order valence-electron chi connectivity index (χ0n) is 15.1. The van der Waals surface area contributed by atoms with Crippen LogP contribution in [0.4, 0.5) is 5.69 Å². The molecule has 0 fully saturated rings. The van der Waals surface area contributed by atoms with Gasteiger partial charge in [-0.15, -0.1) is 0 Å². The Morgan fingerprint density at radius 1 is 1.31 bits per heavy atom. The number of nitrogens with zero attached hydrogens (tertiary/aromatic N) is 2. The van der Waals surface area contributed by atoms with Gasteiger partial charge in [-0.2, -0.15) is 0 Å². The Labute approximate surface area is 152 Å². The van der Waals surface area contributed by atoms with E-state index in [-0.39, 0.29) is 5.91 Å². The Bertz CT molecular complexity index is 945. The molecule has 0 saturated carbocycles. The summed E-state index contributed by atoms with van der Waals surface area (Å²) in [5.74, 6) is 0.534. The molecule has 0 saturated heterocycles. The van der Waals surface area contributed by atoms with E-state index in [0.29, 0.717) is 23.1 Å². The summed E-state index contributed by atoms with van der Waals surface area (Å²) in [5.41, 5.74) is 4.99. The molecule has 0 radical (unpaired) electrons. The van der Waals surface area contributed by atoms with E-state index in [1.807, 2.05) is 25.1 Å². The van der Waals surface area contributed by atoms with E-state index >= 15 is 0 Å². The van der Waals surface area contributed by atoms with Crippen LogP contribution in [0, 0.1) is 6.92 Å². The van der Waals surface area contributed by atoms with Gasteiger partial charge >= 0.3 is 0 Å². The van der Waals surface area contributed by atoms with Gasteiger partial charge in [0.05, 0.1) is 18.1 Å². The van der Waals surface area contributed by atoms with Crippen molar-refractivity contribution >= 4 is 22.5 Å². The number of aryl methyl sites for hydroxylation is 2. The molecule has 3 N–H and O–H groups in total. The van der Waals surface area contributed by atoms with E-state index in [9.17, 15) is 4.79 Å². The highest BCUT2D eigenvalue weighted by atomic mass is 16.1. The number of aromatic amines is 1. The molecule has 1 aliphatic rings. The van der Waals surface area contributed by atoms with Crippen LogP contribution in [0.3, 0.4) is 0 Å². The van der Waals surface area contributed by atoms with E-state index in [4.69, 9.17) is 0 Å². The molecule has 134 valence electrons. The number of fused-ring (bicyclic) bond motifs is 3. The molecule has 4 rings (SSSR count). The minimum atomic E-state index is -0.145. The number of hydrogen-bond acceptors (Lipinski definition) is 4. The summed E-state index contributed by atoms with van der Waals surface area (Å²) in [6.07, 6.45) is 6.44. The molecule has 1 aliphatic carbocycles. The third-order valence-corrected chi connectivity index (χ3v) is 4.98. The maximum Gasteiger partial charge on any atom is 0.255 e. The van der Waals surface area contributed by atoms with Crippen molar-refractivity contribution in [3.05, 3.63) is 53.2 Å². The van der Waals surface area contributed by atoms with Crippen molar-refractivity contribution in [3.8, 4) is 0 Å². The number of anilines is 1. The molecule has 1 amide bonds. The number of nitrogens with one attached hydrogen (secondary N) is 3. The highest BCUT2D eigenvalue weighted by molar-refractivity contribution is 6.06. The molecule has 2 heterocycles. The van der Waals surface area contributed by atoms with Crippen LogP contribution < -0.4 is 10.6 Å². The van der Waals surface area contributed by atoms with E-state index in [1.165, 1.54) is 11.3 Å². The molecule has 2 aromatic heterocycles. The largest absolute Gasteiger partial charge is 0.358 e. The maximum atomic E-state index is 12.6. The summed E-state index contributed by atoms with van der Waals surface area (Å²) < 4.78 is 0. The van der Waals surface area contributed by atoms with Gasteiger partial charge in [0, 0.05) is 28.2 Å². The number of H-pyrrole nitrogens is 1. The van der Waals surface area contributed by atoms with Gasteiger partial charge in [-0.05, 0) is 56.5 Å². The first kappa shape index (κ1) is 16.7. The highest BCUT2D eigenvalue weighted by Gasteiger charge is 2.22. The van der Waals surface area contributed by atoms with Crippen molar-refractivity contribution in [2.24, 2.45) is 0 Å². The SMILES string of the molecule is CCNC1CCc2[nH]c3ccc(C(=O)Nc4cnc(C)nc4)cc3c2C1. The summed E-state index contributed by atoms with van der Waals surface area (Å²) in [7, 11) is 0. The van der Waals surface area contributed by atoms with Crippen molar-refractivity contribution in [1.29, 1.82) is 0 Å². The normalized spacial score (nSPS) is 16.5. The Hall–Kier alpha value is -2.73. The first-order valence-corrected chi connectivity index (χ1v) is 9.11. The first-order chi connectivity index (χ1) is 12.6. The fourth-order valence-electron chi connectivity index (χ4n) is 3.68. The summed E-state index contributed by atoms with van der Waals surface area (Å²) in [5, 5.41) is 7.56. The number of benzene rings is 1. The minimum absolute atomic E-state index is 0.145. The van der Waals surface area contributed by atoms with E-state index in [0.717, 1.165) is 36.7 Å². The predicted octanol–water partition coefficient (Wildman–Crippen LogP) is 2.99. The lowest BCUT2D eigenvalue weighted by molar-refractivity contribution is 0.102. The second kappa shape index (κ2) is 6.88. The van der Waals surface area contributed by atoms with E-state index in [2.05, 4.69) is 32.5 Å². The molecule has 6 heteroatoms. The van der Waals surface area contributed by atoms with E-state index < -0.39 is 0 Å².